The second-order valence-corrected chi connectivity index (χ2v) is 3.55. The van der Waals surface area contributed by atoms with E-state index in [0.717, 1.165) is 22.3 Å². The minimum atomic E-state index is 0.187. The van der Waals surface area contributed by atoms with Crippen molar-refractivity contribution in [2.24, 2.45) is 0 Å². The van der Waals surface area contributed by atoms with E-state index >= 15 is 0 Å². The van der Waals surface area contributed by atoms with Crippen LogP contribution >= 0.6 is 0 Å². The molecule has 0 aliphatic rings. The van der Waals surface area contributed by atoms with E-state index in [2.05, 4.69) is 6.58 Å². The highest BCUT2D eigenvalue weighted by Gasteiger charge is 2.11. The van der Waals surface area contributed by atoms with Gasteiger partial charge in [0.05, 0.1) is 0 Å². The van der Waals surface area contributed by atoms with Crippen LogP contribution in [0.25, 0.3) is 5.57 Å². The van der Waals surface area contributed by atoms with Crippen molar-refractivity contribution in [3.05, 3.63) is 41.5 Å². The fraction of sp³-hybridized carbons (Fsp3) is 0.308. The van der Waals surface area contributed by atoms with Crippen molar-refractivity contribution in [1.29, 1.82) is 0 Å². The minimum Gasteiger partial charge on any atom is -0.294 e. The number of carbonyl (C=O) groups is 1. The van der Waals surface area contributed by atoms with Crippen LogP contribution in [0.1, 0.15) is 41.8 Å². The summed E-state index contributed by atoms with van der Waals surface area (Å²) in [6.45, 7) is 9.74. The molecule has 0 N–H and O–H groups in total. The fourth-order valence-corrected chi connectivity index (χ4v) is 1.66. The van der Waals surface area contributed by atoms with Crippen LogP contribution in [0.2, 0.25) is 0 Å². The highest BCUT2D eigenvalue weighted by atomic mass is 16.1. The molecule has 1 aromatic carbocycles. The number of allylic oxidation sites excluding steroid dienone is 1. The molecule has 0 amide bonds. The summed E-state index contributed by atoms with van der Waals surface area (Å²) in [6.07, 6.45) is 0.545. The Hall–Kier alpha value is -1.37. The Bertz CT molecular complexity index is 375. The molecule has 1 nitrogen and oxygen atoms in total. The Morgan fingerprint density at radius 2 is 2.07 bits per heavy atom. The molecule has 0 saturated heterocycles. The predicted octanol–water partition coefficient (Wildman–Crippen LogP) is 3.62. The maximum Gasteiger partial charge on any atom is 0.163 e. The average Bonchev–Trinajstić information content (AvgIpc) is 2.15. The molecule has 1 heteroatoms. The second kappa shape index (κ2) is 4.23. The highest BCUT2D eigenvalue weighted by molar-refractivity contribution is 6.00. The molecular weight excluding hydrogens is 172 g/mol. The van der Waals surface area contributed by atoms with Gasteiger partial charge in [-0.05, 0) is 25.0 Å². The van der Waals surface area contributed by atoms with Gasteiger partial charge in [-0.2, -0.15) is 0 Å². The monoisotopic (exact) mass is 188 g/mol. The van der Waals surface area contributed by atoms with Crippen LogP contribution in [0, 0.1) is 6.92 Å². The van der Waals surface area contributed by atoms with Crippen molar-refractivity contribution >= 4 is 11.4 Å². The summed E-state index contributed by atoms with van der Waals surface area (Å²) < 4.78 is 0. The predicted molar refractivity (Wildman–Crippen MR) is 60.5 cm³/mol. The number of Topliss-reactive ketones (excluding diaryl/α,β-unsaturated/α-hetero) is 1. The number of aryl methyl sites for hydroxylation is 1. The van der Waals surface area contributed by atoms with E-state index in [1.165, 1.54) is 0 Å². The molecule has 74 valence electrons. The first-order valence-electron chi connectivity index (χ1n) is 4.86. The first kappa shape index (κ1) is 10.7. The number of hydrogen-bond acceptors (Lipinski definition) is 1. The van der Waals surface area contributed by atoms with Gasteiger partial charge in [-0.1, -0.05) is 37.3 Å². The Morgan fingerprint density at radius 3 is 2.57 bits per heavy atom. The third kappa shape index (κ3) is 1.92. The summed E-state index contributed by atoms with van der Waals surface area (Å²) >= 11 is 0. The summed E-state index contributed by atoms with van der Waals surface area (Å²) in [5.74, 6) is 0.187. The lowest BCUT2D eigenvalue weighted by atomic mass is 9.93. The van der Waals surface area contributed by atoms with Crippen molar-refractivity contribution in [3.8, 4) is 0 Å². The van der Waals surface area contributed by atoms with E-state index in [9.17, 15) is 4.79 Å². The number of hydrogen-bond donors (Lipinski definition) is 0. The molecule has 0 atom stereocenters. The van der Waals surface area contributed by atoms with Gasteiger partial charge in [0.1, 0.15) is 0 Å². The van der Waals surface area contributed by atoms with Gasteiger partial charge in [-0.15, -0.1) is 0 Å². The fourth-order valence-electron chi connectivity index (χ4n) is 1.66. The summed E-state index contributed by atoms with van der Waals surface area (Å²) in [5.41, 5.74) is 3.90. The highest BCUT2D eigenvalue weighted by Crippen LogP contribution is 2.22. The molecule has 0 heterocycles. The Morgan fingerprint density at radius 1 is 1.43 bits per heavy atom. The molecule has 1 rings (SSSR count). The Balaban J connectivity index is 3.35. The van der Waals surface area contributed by atoms with E-state index in [1.807, 2.05) is 39.0 Å². The van der Waals surface area contributed by atoms with Crippen molar-refractivity contribution in [2.75, 3.05) is 0 Å². The quantitative estimate of drug-likeness (QED) is 0.662. The SMILES string of the molecule is C=C(C)c1c(C)cccc1C(=O)CC. The third-order valence-electron chi connectivity index (χ3n) is 2.32. The Labute approximate surface area is 85.5 Å². The van der Waals surface area contributed by atoms with Crippen LogP contribution in [-0.2, 0) is 0 Å². The van der Waals surface area contributed by atoms with Gasteiger partial charge < -0.3 is 0 Å². The van der Waals surface area contributed by atoms with Gasteiger partial charge in [0.2, 0.25) is 0 Å². The molecule has 0 aliphatic carbocycles. The van der Waals surface area contributed by atoms with Gasteiger partial charge in [0.15, 0.2) is 5.78 Å². The van der Waals surface area contributed by atoms with Gasteiger partial charge in [-0.3, -0.25) is 4.79 Å². The molecule has 0 fully saturated rings. The lowest BCUT2D eigenvalue weighted by Crippen LogP contribution is -2.02. The average molecular weight is 188 g/mol. The lowest BCUT2D eigenvalue weighted by Gasteiger charge is -2.10. The van der Waals surface area contributed by atoms with E-state index in [0.29, 0.717) is 6.42 Å². The third-order valence-corrected chi connectivity index (χ3v) is 2.32. The van der Waals surface area contributed by atoms with Gasteiger partial charge in [-0.25, -0.2) is 0 Å². The van der Waals surface area contributed by atoms with E-state index in [1.54, 1.807) is 0 Å². The zero-order chi connectivity index (χ0) is 10.7. The first-order chi connectivity index (χ1) is 6.57. The van der Waals surface area contributed by atoms with Gasteiger partial charge in [0.25, 0.3) is 0 Å². The minimum absolute atomic E-state index is 0.187. The maximum absolute atomic E-state index is 11.6. The zero-order valence-corrected chi connectivity index (χ0v) is 9.05. The molecule has 0 unspecified atom stereocenters. The number of rotatable bonds is 3. The molecule has 0 bridgehead atoms. The number of ketones is 1. The van der Waals surface area contributed by atoms with Crippen LogP contribution in [0.3, 0.4) is 0 Å². The van der Waals surface area contributed by atoms with E-state index < -0.39 is 0 Å². The van der Waals surface area contributed by atoms with Crippen molar-refractivity contribution in [2.45, 2.75) is 27.2 Å². The summed E-state index contributed by atoms with van der Waals surface area (Å²) in [6, 6.07) is 5.81. The van der Waals surface area contributed by atoms with Crippen molar-refractivity contribution < 1.29 is 4.79 Å². The standard InChI is InChI=1S/C13H16O/c1-5-12(14)11-8-6-7-10(4)13(11)9(2)3/h6-8H,2,5H2,1,3-4H3. The van der Waals surface area contributed by atoms with E-state index in [-0.39, 0.29) is 5.78 Å². The zero-order valence-electron chi connectivity index (χ0n) is 9.05. The van der Waals surface area contributed by atoms with Crippen LogP contribution in [0.5, 0.6) is 0 Å². The van der Waals surface area contributed by atoms with Crippen LogP contribution in [-0.4, -0.2) is 5.78 Å². The normalized spacial score (nSPS) is 9.93. The molecule has 0 spiro atoms. The van der Waals surface area contributed by atoms with Gasteiger partial charge in [0, 0.05) is 12.0 Å². The topological polar surface area (TPSA) is 17.1 Å². The maximum atomic E-state index is 11.6. The summed E-state index contributed by atoms with van der Waals surface area (Å²) in [7, 11) is 0. The second-order valence-electron chi connectivity index (χ2n) is 3.55. The Kier molecular flexibility index (Phi) is 3.23. The molecule has 0 radical (unpaired) electrons. The lowest BCUT2D eigenvalue weighted by molar-refractivity contribution is 0.0988. The largest absolute Gasteiger partial charge is 0.294 e. The van der Waals surface area contributed by atoms with Crippen LogP contribution in [0.15, 0.2) is 24.8 Å². The summed E-state index contributed by atoms with van der Waals surface area (Å²) in [4.78, 5) is 11.6. The number of benzene rings is 1. The van der Waals surface area contributed by atoms with Crippen molar-refractivity contribution in [3.63, 3.8) is 0 Å². The smallest absolute Gasteiger partial charge is 0.163 e. The summed E-state index contributed by atoms with van der Waals surface area (Å²) in [5, 5.41) is 0. The van der Waals surface area contributed by atoms with Crippen LogP contribution in [0.4, 0.5) is 0 Å². The van der Waals surface area contributed by atoms with Gasteiger partial charge >= 0.3 is 0 Å². The molecule has 0 aliphatic heterocycles. The van der Waals surface area contributed by atoms with E-state index in [4.69, 9.17) is 0 Å². The first-order valence-corrected chi connectivity index (χ1v) is 4.86. The molecule has 0 saturated carbocycles. The number of carbonyl (C=O) groups excluding carboxylic acids is 1. The molecule has 1 aromatic rings. The molecular formula is C13H16O. The molecule has 14 heavy (non-hydrogen) atoms. The van der Waals surface area contributed by atoms with Crippen LogP contribution < -0.4 is 0 Å². The molecule has 0 aromatic heterocycles. The van der Waals surface area contributed by atoms with Crippen molar-refractivity contribution in [1.82, 2.24) is 0 Å².